The zero-order valence-electron chi connectivity index (χ0n) is 13.3. The lowest BCUT2D eigenvalue weighted by Crippen LogP contribution is -2.43. The van der Waals surface area contributed by atoms with E-state index in [-0.39, 0.29) is 13.2 Å². The summed E-state index contributed by atoms with van der Waals surface area (Å²) < 4.78 is 10.3. The highest BCUT2D eigenvalue weighted by atomic mass is 16.6. The molecule has 0 aliphatic carbocycles. The number of esters is 2. The second-order valence-corrected chi connectivity index (χ2v) is 4.98. The van der Waals surface area contributed by atoms with Gasteiger partial charge in [0.15, 0.2) is 5.41 Å². The normalized spacial score (nSPS) is 11.0. The highest BCUT2D eigenvalue weighted by Crippen LogP contribution is 2.32. The minimum Gasteiger partial charge on any atom is -0.465 e. The molecule has 0 spiro atoms. The number of hydrogen-bond donors (Lipinski definition) is 0. The highest BCUT2D eigenvalue weighted by molar-refractivity contribution is 6.00. The summed E-state index contributed by atoms with van der Waals surface area (Å²) in [6.45, 7) is 7.73. The molecule has 1 aromatic rings. The van der Waals surface area contributed by atoms with E-state index in [1.807, 2.05) is 38.1 Å². The first-order valence-electron chi connectivity index (χ1n) is 7.40. The third kappa shape index (κ3) is 3.84. The molecular weight excluding hydrogens is 268 g/mol. The Bertz CT molecular complexity index is 475. The summed E-state index contributed by atoms with van der Waals surface area (Å²) in [4.78, 5) is 24.8. The van der Waals surface area contributed by atoms with Crippen LogP contribution in [0.25, 0.3) is 0 Å². The number of carbonyl (C=O) groups excluding carboxylic acids is 2. The highest BCUT2D eigenvalue weighted by Gasteiger charge is 2.47. The molecule has 0 aromatic heterocycles. The van der Waals surface area contributed by atoms with Crippen molar-refractivity contribution in [2.45, 2.75) is 40.5 Å². The summed E-state index contributed by atoms with van der Waals surface area (Å²) in [5, 5.41) is 0. The van der Waals surface area contributed by atoms with Gasteiger partial charge in [-0.05, 0) is 44.7 Å². The third-order valence-corrected chi connectivity index (χ3v) is 3.69. The van der Waals surface area contributed by atoms with Crippen molar-refractivity contribution in [2.24, 2.45) is 5.41 Å². The second kappa shape index (κ2) is 7.81. The molecule has 0 saturated carbocycles. The van der Waals surface area contributed by atoms with Crippen molar-refractivity contribution >= 4 is 11.9 Å². The molecule has 0 fully saturated rings. The molecule has 0 unspecified atom stereocenters. The van der Waals surface area contributed by atoms with Gasteiger partial charge in [0.25, 0.3) is 0 Å². The third-order valence-electron chi connectivity index (χ3n) is 3.69. The van der Waals surface area contributed by atoms with E-state index in [1.165, 1.54) is 0 Å². The predicted octanol–water partition coefficient (Wildman–Crippen LogP) is 3.06. The van der Waals surface area contributed by atoms with Crippen molar-refractivity contribution in [2.75, 3.05) is 13.2 Å². The lowest BCUT2D eigenvalue weighted by molar-refractivity contribution is -0.172. The molecule has 0 atom stereocenters. The smallest absolute Gasteiger partial charge is 0.323 e. The molecule has 21 heavy (non-hydrogen) atoms. The fourth-order valence-electron chi connectivity index (χ4n) is 2.31. The summed E-state index contributed by atoms with van der Waals surface area (Å²) in [5.41, 5.74) is 0.738. The van der Waals surface area contributed by atoms with Crippen LogP contribution in [-0.4, -0.2) is 25.2 Å². The summed E-state index contributed by atoms with van der Waals surface area (Å²) in [6, 6.07) is 7.73. The Morgan fingerprint density at radius 3 is 1.95 bits per heavy atom. The van der Waals surface area contributed by atoms with Gasteiger partial charge < -0.3 is 9.47 Å². The first-order valence-corrected chi connectivity index (χ1v) is 7.40. The van der Waals surface area contributed by atoms with E-state index in [4.69, 9.17) is 9.47 Å². The second-order valence-electron chi connectivity index (χ2n) is 4.98. The summed E-state index contributed by atoms with van der Waals surface area (Å²) in [6.07, 6.45) is 0.646. The molecule has 0 amide bonds. The van der Waals surface area contributed by atoms with Crippen LogP contribution in [0, 0.1) is 12.3 Å². The van der Waals surface area contributed by atoms with Crippen molar-refractivity contribution in [3.05, 3.63) is 35.4 Å². The number of carbonyl (C=O) groups is 2. The molecule has 0 N–H and O–H groups in total. The number of ether oxygens (including phenoxy) is 2. The molecule has 0 bridgehead atoms. The zero-order chi connectivity index (χ0) is 15.9. The summed E-state index contributed by atoms with van der Waals surface area (Å²) in [5.74, 6) is -1.01. The van der Waals surface area contributed by atoms with Crippen LogP contribution in [0.1, 0.15) is 38.3 Å². The molecule has 116 valence electrons. The Hall–Kier alpha value is -1.84. The fourth-order valence-corrected chi connectivity index (χ4v) is 2.31. The number of rotatable bonds is 7. The van der Waals surface area contributed by atoms with Gasteiger partial charge in [-0.1, -0.05) is 31.2 Å². The topological polar surface area (TPSA) is 52.6 Å². The molecule has 4 heteroatoms. The van der Waals surface area contributed by atoms with Gasteiger partial charge in [0, 0.05) is 0 Å². The van der Waals surface area contributed by atoms with E-state index in [0.29, 0.717) is 12.8 Å². The molecule has 1 rings (SSSR count). The van der Waals surface area contributed by atoms with Crippen molar-refractivity contribution in [3.63, 3.8) is 0 Å². The first-order chi connectivity index (χ1) is 10.0. The Labute approximate surface area is 126 Å². The SMILES string of the molecule is CCOC(=O)C(CC)(Cc1ccccc1C)C(=O)OCC. The van der Waals surface area contributed by atoms with Gasteiger partial charge in [-0.3, -0.25) is 9.59 Å². The molecule has 4 nitrogen and oxygen atoms in total. The zero-order valence-corrected chi connectivity index (χ0v) is 13.3. The van der Waals surface area contributed by atoms with Crippen LogP contribution in [-0.2, 0) is 25.5 Å². The Kier molecular flexibility index (Phi) is 6.40. The van der Waals surface area contributed by atoms with E-state index in [2.05, 4.69) is 0 Å². The van der Waals surface area contributed by atoms with Crippen LogP contribution in [0.2, 0.25) is 0 Å². The Balaban J connectivity index is 3.20. The van der Waals surface area contributed by atoms with Gasteiger partial charge in [0.1, 0.15) is 0 Å². The van der Waals surface area contributed by atoms with E-state index >= 15 is 0 Å². The first kappa shape index (κ1) is 17.2. The van der Waals surface area contributed by atoms with Crippen LogP contribution >= 0.6 is 0 Å². The molecule has 1 aromatic carbocycles. The van der Waals surface area contributed by atoms with Crippen LogP contribution in [0.15, 0.2) is 24.3 Å². The summed E-state index contributed by atoms with van der Waals surface area (Å²) >= 11 is 0. The largest absolute Gasteiger partial charge is 0.465 e. The van der Waals surface area contributed by atoms with Crippen LogP contribution < -0.4 is 0 Å². The molecule has 0 radical (unpaired) electrons. The maximum Gasteiger partial charge on any atom is 0.323 e. The van der Waals surface area contributed by atoms with Crippen molar-refractivity contribution < 1.29 is 19.1 Å². The molecule has 0 aliphatic heterocycles. The lowest BCUT2D eigenvalue weighted by atomic mass is 9.78. The van der Waals surface area contributed by atoms with E-state index < -0.39 is 17.4 Å². The van der Waals surface area contributed by atoms with Gasteiger partial charge in [0.2, 0.25) is 0 Å². The predicted molar refractivity (Wildman–Crippen MR) is 80.9 cm³/mol. The van der Waals surface area contributed by atoms with Crippen LogP contribution in [0.3, 0.4) is 0 Å². The van der Waals surface area contributed by atoms with Gasteiger partial charge in [-0.25, -0.2) is 0 Å². The molecule has 0 aliphatic rings. The van der Waals surface area contributed by atoms with Crippen molar-refractivity contribution in [1.82, 2.24) is 0 Å². The van der Waals surface area contributed by atoms with Crippen molar-refractivity contribution in [1.29, 1.82) is 0 Å². The number of aryl methyl sites for hydroxylation is 1. The van der Waals surface area contributed by atoms with Crippen molar-refractivity contribution in [3.8, 4) is 0 Å². The monoisotopic (exact) mass is 292 g/mol. The molecule has 0 saturated heterocycles. The van der Waals surface area contributed by atoms with Gasteiger partial charge in [0.05, 0.1) is 13.2 Å². The molecular formula is C17H24O4. The minimum atomic E-state index is -1.27. The maximum absolute atomic E-state index is 12.4. The molecule has 0 heterocycles. The van der Waals surface area contributed by atoms with Crippen LogP contribution in [0.5, 0.6) is 0 Å². The van der Waals surface area contributed by atoms with E-state index in [9.17, 15) is 9.59 Å². The standard InChI is InChI=1S/C17H24O4/c1-5-17(15(18)20-6-2,16(19)21-7-3)12-14-11-9-8-10-13(14)4/h8-11H,5-7,12H2,1-4H3. The van der Waals surface area contributed by atoms with Gasteiger partial charge >= 0.3 is 11.9 Å². The fraction of sp³-hybridized carbons (Fsp3) is 0.529. The van der Waals surface area contributed by atoms with Gasteiger partial charge in [-0.2, -0.15) is 0 Å². The quantitative estimate of drug-likeness (QED) is 0.572. The Morgan fingerprint density at radius 2 is 1.52 bits per heavy atom. The number of hydrogen-bond acceptors (Lipinski definition) is 4. The average Bonchev–Trinajstić information content (AvgIpc) is 2.47. The van der Waals surface area contributed by atoms with E-state index in [1.54, 1.807) is 13.8 Å². The average molecular weight is 292 g/mol. The van der Waals surface area contributed by atoms with E-state index in [0.717, 1.165) is 11.1 Å². The lowest BCUT2D eigenvalue weighted by Gasteiger charge is -2.28. The van der Waals surface area contributed by atoms with Gasteiger partial charge in [-0.15, -0.1) is 0 Å². The minimum absolute atomic E-state index is 0.244. The summed E-state index contributed by atoms with van der Waals surface area (Å²) in [7, 11) is 0. The van der Waals surface area contributed by atoms with Crippen LogP contribution in [0.4, 0.5) is 0 Å². The maximum atomic E-state index is 12.4. The number of benzene rings is 1. The Morgan fingerprint density at radius 1 is 1.00 bits per heavy atom.